The summed E-state index contributed by atoms with van der Waals surface area (Å²) in [5.41, 5.74) is 0.427. The van der Waals surface area contributed by atoms with Gasteiger partial charge in [-0.05, 0) is 36.4 Å². The van der Waals surface area contributed by atoms with E-state index in [9.17, 15) is 14.4 Å². The molecule has 0 spiro atoms. The molecule has 0 fully saturated rings. The summed E-state index contributed by atoms with van der Waals surface area (Å²) in [5, 5.41) is 8.39. The van der Waals surface area contributed by atoms with Crippen LogP contribution in [0.25, 0.3) is 0 Å². The van der Waals surface area contributed by atoms with Crippen LogP contribution < -0.4 is 0 Å². The molecule has 2 aromatic carbocycles. The average molecular weight is 395 g/mol. The highest BCUT2D eigenvalue weighted by Gasteiger charge is 2.24. The number of carbonyl (C=O) groups is 3. The monoisotopic (exact) mass is 394 g/mol. The molecular formula is C18H15ClO4S2. The fourth-order valence-corrected chi connectivity index (χ4v) is 3.69. The number of Topliss-reactive ketones (excluding diaryl/α,β-unsaturated/α-hetero) is 1. The molecule has 0 aliphatic carbocycles. The second kappa shape index (κ2) is 9.08. The Morgan fingerprint density at radius 1 is 1.00 bits per heavy atom. The van der Waals surface area contributed by atoms with E-state index >= 15 is 0 Å². The van der Waals surface area contributed by atoms with E-state index in [1.54, 1.807) is 36.4 Å². The molecule has 0 bridgehead atoms. The molecule has 0 amide bonds. The van der Waals surface area contributed by atoms with Crippen LogP contribution in [-0.4, -0.2) is 27.2 Å². The van der Waals surface area contributed by atoms with E-state index in [1.165, 1.54) is 18.7 Å². The molecule has 130 valence electrons. The lowest BCUT2D eigenvalue weighted by atomic mass is 10.1. The molecule has 0 aliphatic heterocycles. The van der Waals surface area contributed by atoms with Gasteiger partial charge >= 0.3 is 5.97 Å². The smallest absolute Gasteiger partial charge is 0.317 e. The summed E-state index contributed by atoms with van der Waals surface area (Å²) < 4.78 is 0. The van der Waals surface area contributed by atoms with Crippen LogP contribution >= 0.6 is 35.1 Å². The third-order valence-electron chi connectivity index (χ3n) is 3.18. The number of aliphatic carboxylic acids is 1. The zero-order valence-electron chi connectivity index (χ0n) is 13.3. The van der Waals surface area contributed by atoms with Crippen molar-refractivity contribution in [3.8, 4) is 0 Å². The molecule has 1 unspecified atom stereocenters. The number of halogens is 1. The summed E-state index contributed by atoms with van der Waals surface area (Å²) >= 11 is 8.05. The number of ketones is 1. The predicted molar refractivity (Wildman–Crippen MR) is 101 cm³/mol. The van der Waals surface area contributed by atoms with Gasteiger partial charge in [0.15, 0.2) is 10.9 Å². The maximum absolute atomic E-state index is 12.2. The maximum atomic E-state index is 12.2. The minimum Gasteiger partial charge on any atom is -0.480 e. The van der Waals surface area contributed by atoms with Crippen molar-refractivity contribution in [2.24, 2.45) is 0 Å². The molecule has 0 saturated heterocycles. The summed E-state index contributed by atoms with van der Waals surface area (Å²) in [6.45, 7) is 1.29. The van der Waals surface area contributed by atoms with Gasteiger partial charge in [0, 0.05) is 33.7 Å². The molecule has 25 heavy (non-hydrogen) atoms. The largest absolute Gasteiger partial charge is 0.480 e. The number of thioether (sulfide) groups is 1. The molecule has 0 radical (unpaired) electrons. The number of carboxylic acid groups (broad SMARTS) is 1. The fourth-order valence-electron chi connectivity index (χ4n) is 2.01. The van der Waals surface area contributed by atoms with Crippen LogP contribution in [-0.2, 0) is 9.59 Å². The van der Waals surface area contributed by atoms with Gasteiger partial charge < -0.3 is 5.11 Å². The number of carboxylic acids is 1. The van der Waals surface area contributed by atoms with Crippen molar-refractivity contribution in [2.75, 3.05) is 0 Å². The van der Waals surface area contributed by atoms with Crippen molar-refractivity contribution >= 4 is 52.0 Å². The van der Waals surface area contributed by atoms with E-state index in [1.807, 2.05) is 12.1 Å². The van der Waals surface area contributed by atoms with E-state index in [-0.39, 0.29) is 17.3 Å². The first-order valence-electron chi connectivity index (χ1n) is 7.32. The lowest BCUT2D eigenvalue weighted by Crippen LogP contribution is -2.21. The van der Waals surface area contributed by atoms with E-state index in [0.717, 1.165) is 9.79 Å². The van der Waals surface area contributed by atoms with Crippen LogP contribution in [0, 0.1) is 0 Å². The Labute approximate surface area is 159 Å². The van der Waals surface area contributed by atoms with Gasteiger partial charge in [0.2, 0.25) is 0 Å². The highest BCUT2D eigenvalue weighted by Crippen LogP contribution is 2.29. The van der Waals surface area contributed by atoms with Crippen LogP contribution in [0.5, 0.6) is 0 Å². The first-order valence-corrected chi connectivity index (χ1v) is 9.39. The Morgan fingerprint density at radius 3 is 2.00 bits per heavy atom. The van der Waals surface area contributed by atoms with Crippen LogP contribution in [0.3, 0.4) is 0 Å². The SMILES string of the molecule is CC(=O)SC(CC(=O)c1ccc(Sc2ccc(Cl)cc2)cc1)C(=O)O. The number of carbonyl (C=O) groups excluding carboxylic acids is 2. The number of hydrogen-bond acceptors (Lipinski definition) is 5. The van der Waals surface area contributed by atoms with E-state index in [0.29, 0.717) is 22.3 Å². The van der Waals surface area contributed by atoms with E-state index < -0.39 is 11.2 Å². The Hall–Kier alpha value is -1.76. The van der Waals surface area contributed by atoms with Gasteiger partial charge in [-0.15, -0.1) is 0 Å². The standard InChI is InChI=1S/C18H15ClO4S2/c1-11(20)24-17(18(22)23)10-16(21)12-2-6-14(7-3-12)25-15-8-4-13(19)5-9-15/h2-9,17H,10H2,1H3,(H,22,23). The molecule has 0 heterocycles. The van der Waals surface area contributed by atoms with Crippen molar-refractivity contribution in [1.82, 2.24) is 0 Å². The van der Waals surface area contributed by atoms with Crippen LogP contribution in [0.4, 0.5) is 0 Å². The summed E-state index contributed by atoms with van der Waals surface area (Å²) in [6.07, 6.45) is -0.219. The quantitative estimate of drug-likeness (QED) is 0.680. The second-order valence-electron chi connectivity index (χ2n) is 5.14. The van der Waals surface area contributed by atoms with Gasteiger partial charge in [0.1, 0.15) is 5.25 Å². The minimum absolute atomic E-state index is 0.219. The molecule has 4 nitrogen and oxygen atoms in total. The third-order valence-corrected chi connectivity index (χ3v) is 5.43. The first kappa shape index (κ1) is 19.6. The second-order valence-corrected chi connectivity index (χ2v) is 8.11. The van der Waals surface area contributed by atoms with Gasteiger partial charge in [-0.2, -0.15) is 0 Å². The van der Waals surface area contributed by atoms with Gasteiger partial charge in [-0.3, -0.25) is 14.4 Å². The van der Waals surface area contributed by atoms with Crippen LogP contribution in [0.2, 0.25) is 5.02 Å². The Kier molecular flexibility index (Phi) is 7.11. The zero-order chi connectivity index (χ0) is 18.4. The summed E-state index contributed by atoms with van der Waals surface area (Å²) in [5.74, 6) is -1.47. The summed E-state index contributed by atoms with van der Waals surface area (Å²) in [4.78, 5) is 36.4. The maximum Gasteiger partial charge on any atom is 0.317 e. The van der Waals surface area contributed by atoms with Crippen LogP contribution in [0.1, 0.15) is 23.7 Å². The normalized spacial score (nSPS) is 11.8. The zero-order valence-corrected chi connectivity index (χ0v) is 15.7. The molecule has 0 aromatic heterocycles. The Balaban J connectivity index is 2.02. The molecule has 1 N–H and O–H groups in total. The molecule has 7 heteroatoms. The van der Waals surface area contributed by atoms with Gasteiger partial charge in [0.05, 0.1) is 0 Å². The van der Waals surface area contributed by atoms with Crippen molar-refractivity contribution in [3.05, 3.63) is 59.1 Å². The van der Waals surface area contributed by atoms with E-state index in [2.05, 4.69) is 0 Å². The fraction of sp³-hybridized carbons (Fsp3) is 0.167. The Morgan fingerprint density at radius 2 is 1.52 bits per heavy atom. The topological polar surface area (TPSA) is 71.4 Å². The average Bonchev–Trinajstić information content (AvgIpc) is 2.56. The Bertz CT molecular complexity index is 773. The van der Waals surface area contributed by atoms with Crippen molar-refractivity contribution in [1.29, 1.82) is 0 Å². The van der Waals surface area contributed by atoms with Crippen molar-refractivity contribution in [3.63, 3.8) is 0 Å². The third kappa shape index (κ3) is 6.23. The van der Waals surface area contributed by atoms with Gasteiger partial charge in [-0.25, -0.2) is 0 Å². The summed E-state index contributed by atoms with van der Waals surface area (Å²) in [7, 11) is 0. The summed E-state index contributed by atoms with van der Waals surface area (Å²) in [6, 6.07) is 14.4. The van der Waals surface area contributed by atoms with Crippen molar-refractivity contribution in [2.45, 2.75) is 28.4 Å². The van der Waals surface area contributed by atoms with Crippen molar-refractivity contribution < 1.29 is 19.5 Å². The van der Waals surface area contributed by atoms with Gasteiger partial charge in [-0.1, -0.05) is 47.3 Å². The number of rotatable bonds is 7. The molecule has 1 atom stereocenters. The van der Waals surface area contributed by atoms with E-state index in [4.69, 9.17) is 16.7 Å². The molecular weight excluding hydrogens is 380 g/mol. The number of hydrogen-bond donors (Lipinski definition) is 1. The van der Waals surface area contributed by atoms with Crippen LogP contribution in [0.15, 0.2) is 58.3 Å². The highest BCUT2D eigenvalue weighted by molar-refractivity contribution is 8.14. The van der Waals surface area contributed by atoms with Gasteiger partial charge in [0.25, 0.3) is 0 Å². The molecule has 2 rings (SSSR count). The molecule has 0 saturated carbocycles. The molecule has 2 aromatic rings. The molecule has 0 aliphatic rings. The predicted octanol–water partition coefficient (Wildman–Crippen LogP) is 4.80. The first-order chi connectivity index (χ1) is 11.8. The lowest BCUT2D eigenvalue weighted by molar-refractivity contribution is -0.136. The minimum atomic E-state index is -1.16. The lowest BCUT2D eigenvalue weighted by Gasteiger charge is -2.09. The number of benzene rings is 2. The highest BCUT2D eigenvalue weighted by atomic mass is 35.5.